The summed E-state index contributed by atoms with van der Waals surface area (Å²) < 4.78 is 37.6. The second-order valence-corrected chi connectivity index (χ2v) is 3.93. The molecule has 0 spiro atoms. The second kappa shape index (κ2) is 4.27. The van der Waals surface area contributed by atoms with Crippen LogP contribution in [0, 0.1) is 0 Å². The van der Waals surface area contributed by atoms with Crippen LogP contribution in [-0.4, -0.2) is 19.0 Å². The summed E-state index contributed by atoms with van der Waals surface area (Å²) >= 11 is 0. The quantitative estimate of drug-likeness (QED) is 0.788. The molecule has 0 aromatic heterocycles. The Morgan fingerprint density at radius 3 is 2.71 bits per heavy atom. The summed E-state index contributed by atoms with van der Waals surface area (Å²) in [6, 6.07) is 5.33. The highest BCUT2D eigenvalue weighted by Crippen LogP contribution is 2.31. The number of hydrogen-bond acceptors (Lipinski definition) is 3. The van der Waals surface area contributed by atoms with Crippen LogP contribution in [0.15, 0.2) is 29.3 Å². The molecule has 0 radical (unpaired) electrons. The van der Waals surface area contributed by atoms with E-state index in [-0.39, 0.29) is 5.92 Å². The van der Waals surface area contributed by atoms with Crippen molar-refractivity contribution in [2.45, 2.75) is 12.1 Å². The third-order valence-electron chi connectivity index (χ3n) is 2.70. The highest BCUT2D eigenvalue weighted by molar-refractivity contribution is 5.78. The minimum absolute atomic E-state index is 0.0652. The first-order valence-electron chi connectivity index (χ1n) is 5.18. The number of benzene rings is 1. The molecule has 1 atom stereocenters. The summed E-state index contributed by atoms with van der Waals surface area (Å²) in [6.07, 6.45) is -4.31. The van der Waals surface area contributed by atoms with Gasteiger partial charge in [0.05, 0.1) is 12.1 Å². The van der Waals surface area contributed by atoms with Crippen molar-refractivity contribution >= 4 is 5.96 Å². The number of nitrogens with two attached hydrogens (primary N) is 1. The zero-order valence-corrected chi connectivity index (χ0v) is 8.96. The van der Waals surface area contributed by atoms with Gasteiger partial charge in [-0.3, -0.25) is 4.99 Å². The van der Waals surface area contributed by atoms with Gasteiger partial charge in [-0.05, 0) is 11.6 Å². The third kappa shape index (κ3) is 2.69. The molecule has 1 aliphatic heterocycles. The Bertz CT molecular complexity index is 440. The Morgan fingerprint density at radius 2 is 2.12 bits per heavy atom. The molecule has 2 rings (SSSR count). The molecule has 92 valence electrons. The Hall–Kier alpha value is -1.72. The van der Waals surface area contributed by atoms with E-state index in [0.717, 1.165) is 6.07 Å². The zero-order valence-electron chi connectivity index (χ0n) is 8.96. The maximum Gasteiger partial charge on any atom is 0.416 e. The van der Waals surface area contributed by atoms with Crippen molar-refractivity contribution in [1.29, 1.82) is 0 Å². The summed E-state index contributed by atoms with van der Waals surface area (Å²) in [5, 5.41) is 2.84. The topological polar surface area (TPSA) is 50.4 Å². The molecule has 3 N–H and O–H groups in total. The maximum atomic E-state index is 12.5. The molecule has 1 unspecified atom stereocenters. The van der Waals surface area contributed by atoms with Gasteiger partial charge in [0.2, 0.25) is 0 Å². The van der Waals surface area contributed by atoms with Crippen LogP contribution in [0.1, 0.15) is 17.0 Å². The largest absolute Gasteiger partial charge is 0.416 e. The van der Waals surface area contributed by atoms with Crippen molar-refractivity contribution in [1.82, 2.24) is 5.32 Å². The molecule has 3 nitrogen and oxygen atoms in total. The van der Waals surface area contributed by atoms with Crippen molar-refractivity contribution in [3.8, 4) is 0 Å². The maximum absolute atomic E-state index is 12.5. The van der Waals surface area contributed by atoms with E-state index in [1.165, 1.54) is 12.1 Å². The number of alkyl halides is 3. The first-order chi connectivity index (χ1) is 7.97. The van der Waals surface area contributed by atoms with Gasteiger partial charge < -0.3 is 11.1 Å². The number of guanidine groups is 1. The van der Waals surface area contributed by atoms with E-state index in [1.807, 2.05) is 0 Å². The summed E-state index contributed by atoms with van der Waals surface area (Å²) in [7, 11) is 0. The molecule has 0 fully saturated rings. The van der Waals surface area contributed by atoms with Crippen LogP contribution in [0.4, 0.5) is 13.2 Å². The number of halogens is 3. The van der Waals surface area contributed by atoms with Crippen LogP contribution < -0.4 is 11.1 Å². The van der Waals surface area contributed by atoms with Gasteiger partial charge in [0.25, 0.3) is 0 Å². The molecule has 1 aromatic carbocycles. The van der Waals surface area contributed by atoms with E-state index < -0.39 is 11.7 Å². The van der Waals surface area contributed by atoms with Crippen LogP contribution in [0.5, 0.6) is 0 Å². The van der Waals surface area contributed by atoms with Gasteiger partial charge in [-0.1, -0.05) is 18.2 Å². The lowest BCUT2D eigenvalue weighted by atomic mass is 9.96. The molecular weight excluding hydrogens is 231 g/mol. The van der Waals surface area contributed by atoms with Crippen LogP contribution in [-0.2, 0) is 6.18 Å². The highest BCUT2D eigenvalue weighted by Gasteiger charge is 2.31. The van der Waals surface area contributed by atoms with E-state index in [0.29, 0.717) is 24.6 Å². The molecule has 0 bridgehead atoms. The molecule has 6 heteroatoms. The lowest BCUT2D eigenvalue weighted by molar-refractivity contribution is -0.137. The number of nitrogens with zero attached hydrogens (tertiary/aromatic N) is 1. The third-order valence-corrected chi connectivity index (χ3v) is 2.70. The van der Waals surface area contributed by atoms with Gasteiger partial charge in [0.15, 0.2) is 5.96 Å². The Morgan fingerprint density at radius 1 is 1.35 bits per heavy atom. The van der Waals surface area contributed by atoms with Crippen LogP contribution in [0.2, 0.25) is 0 Å². The monoisotopic (exact) mass is 243 g/mol. The molecule has 1 heterocycles. The highest BCUT2D eigenvalue weighted by atomic mass is 19.4. The van der Waals surface area contributed by atoms with Crippen molar-refractivity contribution in [2.24, 2.45) is 10.7 Å². The zero-order chi connectivity index (χ0) is 12.5. The lowest BCUT2D eigenvalue weighted by Crippen LogP contribution is -2.39. The van der Waals surface area contributed by atoms with Crippen molar-refractivity contribution in [3.05, 3.63) is 35.4 Å². The number of nitrogens with one attached hydrogen (secondary N) is 1. The predicted molar refractivity (Wildman–Crippen MR) is 58.7 cm³/mol. The SMILES string of the molecule is NC1=NCC(c2cccc(C(F)(F)F)c2)CN1. The van der Waals surface area contributed by atoms with Crippen molar-refractivity contribution < 1.29 is 13.2 Å². The Balaban J connectivity index is 2.22. The fourth-order valence-corrected chi connectivity index (χ4v) is 1.75. The molecule has 1 aromatic rings. The molecule has 0 aliphatic carbocycles. The first kappa shape index (κ1) is 11.8. The van der Waals surface area contributed by atoms with E-state index in [4.69, 9.17) is 5.73 Å². The summed E-state index contributed by atoms with van der Waals surface area (Å²) in [4.78, 5) is 3.98. The molecule has 1 aliphatic rings. The lowest BCUT2D eigenvalue weighted by Gasteiger charge is -2.22. The summed E-state index contributed by atoms with van der Waals surface area (Å²) in [6.45, 7) is 0.927. The Labute approximate surface area is 96.5 Å². The van der Waals surface area contributed by atoms with Crippen molar-refractivity contribution in [3.63, 3.8) is 0 Å². The van der Waals surface area contributed by atoms with Gasteiger partial charge in [-0.2, -0.15) is 13.2 Å². The molecule has 0 amide bonds. The minimum atomic E-state index is -4.31. The van der Waals surface area contributed by atoms with Crippen LogP contribution in [0.3, 0.4) is 0 Å². The normalized spacial score (nSPS) is 20.6. The molecule has 0 saturated heterocycles. The van der Waals surface area contributed by atoms with Gasteiger partial charge in [-0.15, -0.1) is 0 Å². The predicted octanol–water partition coefficient (Wildman–Crippen LogP) is 1.71. The van der Waals surface area contributed by atoms with Crippen LogP contribution >= 0.6 is 0 Å². The van der Waals surface area contributed by atoms with Crippen molar-refractivity contribution in [2.75, 3.05) is 13.1 Å². The average Bonchev–Trinajstić information content (AvgIpc) is 2.29. The summed E-state index contributed by atoms with van der Waals surface area (Å²) in [5.41, 5.74) is 5.43. The van der Waals surface area contributed by atoms with E-state index in [1.54, 1.807) is 6.07 Å². The number of aliphatic imine (C=N–C) groups is 1. The molecular formula is C11H12F3N3. The Kier molecular flexibility index (Phi) is 2.95. The van der Waals surface area contributed by atoms with Gasteiger partial charge in [0.1, 0.15) is 0 Å². The first-order valence-corrected chi connectivity index (χ1v) is 5.18. The summed E-state index contributed by atoms with van der Waals surface area (Å²) in [5.74, 6) is 0.276. The minimum Gasteiger partial charge on any atom is -0.370 e. The van der Waals surface area contributed by atoms with E-state index in [2.05, 4.69) is 10.3 Å². The molecule has 17 heavy (non-hydrogen) atoms. The van der Waals surface area contributed by atoms with Crippen LogP contribution in [0.25, 0.3) is 0 Å². The average molecular weight is 243 g/mol. The fourth-order valence-electron chi connectivity index (χ4n) is 1.75. The van der Waals surface area contributed by atoms with E-state index in [9.17, 15) is 13.2 Å². The van der Waals surface area contributed by atoms with E-state index >= 15 is 0 Å². The smallest absolute Gasteiger partial charge is 0.370 e. The van der Waals surface area contributed by atoms with Gasteiger partial charge >= 0.3 is 6.18 Å². The van der Waals surface area contributed by atoms with Gasteiger partial charge in [-0.25, -0.2) is 0 Å². The fraction of sp³-hybridized carbons (Fsp3) is 0.364. The van der Waals surface area contributed by atoms with Gasteiger partial charge in [0, 0.05) is 12.5 Å². The molecule has 0 saturated carbocycles. The standard InChI is InChI=1S/C11H12F3N3/c12-11(13,14)9-3-1-2-7(4-9)8-5-16-10(15)17-6-8/h1-4,8H,5-6H2,(H3,15,16,17). The number of rotatable bonds is 1. The number of hydrogen-bond donors (Lipinski definition) is 2. The second-order valence-electron chi connectivity index (χ2n) is 3.93.